The molecule has 0 aromatic rings. The van der Waals surface area contributed by atoms with Crippen LogP contribution in [0.4, 0.5) is 39.5 Å². The average Bonchev–Trinajstić information content (AvgIpc) is 2.72. The summed E-state index contributed by atoms with van der Waals surface area (Å²) in [6.07, 6.45) is -17.1. The van der Waals surface area contributed by atoms with Crippen molar-refractivity contribution in [2.45, 2.75) is 120 Å². The molecule has 0 saturated carbocycles. The monoisotopic (exact) mass is 668 g/mol. The Hall–Kier alpha value is -0.672. The summed E-state index contributed by atoms with van der Waals surface area (Å²) in [7, 11) is -10.3. The number of carbonyl (C=O) groups is 1. The molecule has 0 rings (SSSR count). The van der Waals surface area contributed by atoms with Crippen LogP contribution in [0.25, 0.3) is 0 Å². The van der Waals surface area contributed by atoms with Gasteiger partial charge in [0.05, 0.1) is 16.0 Å². The summed E-state index contributed by atoms with van der Waals surface area (Å²) < 4.78 is 141. The fourth-order valence-corrected chi connectivity index (χ4v) is 9.51. The number of hydrogen-bond donors (Lipinski definition) is 0. The lowest BCUT2D eigenvalue weighted by Gasteiger charge is -2.47. The van der Waals surface area contributed by atoms with Crippen molar-refractivity contribution < 1.29 is 62.3 Å². The Balaban J connectivity index is 6.87. The fourth-order valence-electron chi connectivity index (χ4n) is 3.28. The summed E-state index contributed by atoms with van der Waals surface area (Å²) in [5.74, 6) is -3.85. The maximum atomic E-state index is 13.1. The first kappa shape index (κ1) is 39.3. The lowest BCUT2D eigenvalue weighted by molar-refractivity contribution is -0.245. The third kappa shape index (κ3) is 16.7. The van der Waals surface area contributed by atoms with Gasteiger partial charge in [-0.1, -0.05) is 13.5 Å². The smallest absolute Gasteiger partial charge is 0.388 e. The molecular formula is C22H41F9O5Si4. The van der Waals surface area contributed by atoms with Crippen LogP contribution >= 0.6 is 0 Å². The van der Waals surface area contributed by atoms with E-state index in [0.29, 0.717) is 16.7 Å². The van der Waals surface area contributed by atoms with Crippen LogP contribution in [-0.4, -0.2) is 71.4 Å². The second-order valence-electron chi connectivity index (χ2n) is 11.6. The van der Waals surface area contributed by atoms with Gasteiger partial charge in [0.2, 0.25) is 0 Å². The first-order valence-corrected chi connectivity index (χ1v) is 23.2. The van der Waals surface area contributed by atoms with E-state index in [1.54, 1.807) is 6.92 Å². The van der Waals surface area contributed by atoms with E-state index in [0.717, 1.165) is 0 Å². The molecule has 0 spiro atoms. The lowest BCUT2D eigenvalue weighted by atomic mass is 10.2. The molecule has 5 nitrogen and oxygen atoms in total. The largest absolute Gasteiger partial charge is 0.464 e. The molecule has 1 unspecified atom stereocenters. The zero-order chi connectivity index (χ0) is 32.0. The van der Waals surface area contributed by atoms with Crippen LogP contribution in [0.2, 0.25) is 57.4 Å². The standard InChI is InChI=1S/C22H41F9O5Si4/c1-9-17(37)33-18(32)16(2)22(34-38(3,4)13-10-19(23,24)25,35-39(5,6)14-11-20(26,27)28)36-40(7,8)15-12-21(29,30)31/h17H,2,9-15H2,1,3-8,37H3. The number of ether oxygens (including phenoxy) is 1. The highest BCUT2D eigenvalue weighted by molar-refractivity contribution is 6.73. The zero-order valence-corrected chi connectivity index (χ0v) is 29.2. The SMILES string of the molecule is C=C(C(=O)OC([SiH3])CC)C(O[Si](C)(C)CCC(F)(F)F)(O[Si](C)(C)CCC(F)(F)F)O[Si](C)(C)CCC(F)(F)F. The van der Waals surface area contributed by atoms with E-state index in [2.05, 4.69) is 6.58 Å². The van der Waals surface area contributed by atoms with Crippen LogP contribution in [0.15, 0.2) is 12.2 Å². The summed E-state index contributed by atoms with van der Waals surface area (Å²) in [4.78, 5) is 13.1. The highest BCUT2D eigenvalue weighted by Gasteiger charge is 2.54. The molecule has 0 radical (unpaired) electrons. The number of alkyl halides is 9. The third-order valence-corrected chi connectivity index (χ3v) is 13.6. The number of halogens is 9. The minimum atomic E-state index is -4.57. The molecule has 0 aromatic heterocycles. The Bertz CT molecular complexity index is 765. The van der Waals surface area contributed by atoms with Crippen molar-refractivity contribution in [1.82, 2.24) is 0 Å². The van der Waals surface area contributed by atoms with Gasteiger partial charge in [-0.05, 0) is 63.8 Å². The second-order valence-corrected chi connectivity index (χ2v) is 25.5. The van der Waals surface area contributed by atoms with Gasteiger partial charge in [-0.15, -0.1) is 0 Å². The van der Waals surface area contributed by atoms with Gasteiger partial charge in [0.25, 0.3) is 5.97 Å². The van der Waals surface area contributed by atoms with Crippen LogP contribution in [0.3, 0.4) is 0 Å². The van der Waals surface area contributed by atoms with Crippen LogP contribution in [-0.2, 0) is 22.8 Å². The van der Waals surface area contributed by atoms with Gasteiger partial charge >= 0.3 is 24.5 Å². The maximum absolute atomic E-state index is 13.1. The molecule has 0 N–H and O–H groups in total. The molecular weight excluding hydrogens is 628 g/mol. The van der Waals surface area contributed by atoms with Crippen molar-refractivity contribution in [3.05, 3.63) is 12.2 Å². The Kier molecular flexibility index (Phi) is 14.0. The van der Waals surface area contributed by atoms with E-state index >= 15 is 0 Å². The molecule has 0 saturated heterocycles. The highest BCUT2D eigenvalue weighted by Crippen LogP contribution is 2.41. The van der Waals surface area contributed by atoms with Crippen LogP contribution < -0.4 is 0 Å². The van der Waals surface area contributed by atoms with Gasteiger partial charge < -0.3 is 18.0 Å². The van der Waals surface area contributed by atoms with Gasteiger partial charge in [-0.25, -0.2) is 4.79 Å². The van der Waals surface area contributed by atoms with Gasteiger partial charge in [0.15, 0.2) is 25.0 Å². The molecule has 0 heterocycles. The number of hydrogen-bond acceptors (Lipinski definition) is 5. The molecule has 0 aliphatic rings. The molecule has 0 fully saturated rings. The molecule has 18 heteroatoms. The van der Waals surface area contributed by atoms with E-state index in [4.69, 9.17) is 18.0 Å². The molecule has 40 heavy (non-hydrogen) atoms. The predicted molar refractivity (Wildman–Crippen MR) is 144 cm³/mol. The fraction of sp³-hybridized carbons (Fsp3) is 0.864. The van der Waals surface area contributed by atoms with Gasteiger partial charge in [0, 0.05) is 19.3 Å². The first-order valence-electron chi connectivity index (χ1n) is 12.7. The molecule has 0 aliphatic carbocycles. The first-order chi connectivity index (χ1) is 17.5. The lowest BCUT2D eigenvalue weighted by Crippen LogP contribution is -2.60. The summed E-state index contributed by atoms with van der Waals surface area (Å²) in [5, 5.41) is 0. The van der Waals surface area contributed by atoms with Crippen LogP contribution in [0.5, 0.6) is 0 Å². The topological polar surface area (TPSA) is 54.0 Å². The minimum Gasteiger partial charge on any atom is -0.464 e. The normalized spacial score (nSPS) is 15.3. The second kappa shape index (κ2) is 14.2. The highest BCUT2D eigenvalue weighted by atomic mass is 28.4. The van der Waals surface area contributed by atoms with E-state index in [1.165, 1.54) is 39.3 Å². The Morgan fingerprint density at radius 2 is 0.975 bits per heavy atom. The summed E-state index contributed by atoms with van der Waals surface area (Å²) in [6, 6.07) is -1.66. The van der Waals surface area contributed by atoms with Crippen molar-refractivity contribution in [2.24, 2.45) is 0 Å². The number of esters is 1. The zero-order valence-electron chi connectivity index (χ0n) is 24.2. The summed E-state index contributed by atoms with van der Waals surface area (Å²) in [5.41, 5.74) is -1.21. The summed E-state index contributed by atoms with van der Waals surface area (Å²) in [6.45, 7) is 13.5. The Labute approximate surface area is 236 Å². The van der Waals surface area contributed by atoms with E-state index in [1.807, 2.05) is 0 Å². The average molecular weight is 669 g/mol. The minimum absolute atomic E-state index is 0.380. The van der Waals surface area contributed by atoms with Gasteiger partial charge in [-0.3, -0.25) is 0 Å². The number of rotatable bonds is 16. The van der Waals surface area contributed by atoms with Gasteiger partial charge in [0.1, 0.15) is 5.57 Å². The predicted octanol–water partition coefficient (Wildman–Crippen LogP) is 7.36. The van der Waals surface area contributed by atoms with Crippen LogP contribution in [0.1, 0.15) is 32.6 Å². The van der Waals surface area contributed by atoms with E-state index in [-0.39, 0.29) is 0 Å². The van der Waals surface area contributed by atoms with Crippen molar-refractivity contribution in [1.29, 1.82) is 0 Å². The van der Waals surface area contributed by atoms with Crippen molar-refractivity contribution >= 4 is 41.2 Å². The molecule has 0 aliphatic heterocycles. The molecule has 0 bridgehead atoms. The van der Waals surface area contributed by atoms with Crippen molar-refractivity contribution in [3.63, 3.8) is 0 Å². The third-order valence-electron chi connectivity index (χ3n) is 5.76. The van der Waals surface area contributed by atoms with Crippen molar-refractivity contribution in [2.75, 3.05) is 0 Å². The summed E-state index contributed by atoms with van der Waals surface area (Å²) >= 11 is 0. The molecule has 0 amide bonds. The number of carbonyl (C=O) groups excluding carboxylic acids is 1. The molecule has 1 atom stereocenters. The Morgan fingerprint density at radius 3 is 1.20 bits per heavy atom. The molecule has 238 valence electrons. The van der Waals surface area contributed by atoms with E-state index < -0.39 is 104 Å². The van der Waals surface area contributed by atoms with E-state index in [9.17, 15) is 44.3 Å². The molecule has 0 aromatic carbocycles. The maximum Gasteiger partial charge on any atom is 0.388 e. The van der Waals surface area contributed by atoms with Crippen LogP contribution in [0, 0.1) is 0 Å². The van der Waals surface area contributed by atoms with Gasteiger partial charge in [-0.2, -0.15) is 39.5 Å². The Morgan fingerprint density at radius 1 is 0.700 bits per heavy atom. The quantitative estimate of drug-likeness (QED) is 0.0566. The van der Waals surface area contributed by atoms with Crippen molar-refractivity contribution in [3.8, 4) is 0 Å².